The largest absolute Gasteiger partial charge is 0.310 e. The van der Waals surface area contributed by atoms with Gasteiger partial charge in [0.05, 0.1) is 0 Å². The predicted octanol–water partition coefficient (Wildman–Crippen LogP) is 4.61. The van der Waals surface area contributed by atoms with Crippen LogP contribution in [0, 0.1) is 0 Å². The molecular formula is C17H29BrN2. The van der Waals surface area contributed by atoms with Gasteiger partial charge in [0.25, 0.3) is 0 Å². The van der Waals surface area contributed by atoms with E-state index in [4.69, 9.17) is 0 Å². The van der Waals surface area contributed by atoms with E-state index < -0.39 is 0 Å². The molecule has 0 fully saturated rings. The predicted molar refractivity (Wildman–Crippen MR) is 92.2 cm³/mol. The molecule has 0 heterocycles. The van der Waals surface area contributed by atoms with E-state index in [1.807, 2.05) is 0 Å². The molecule has 114 valence electrons. The maximum absolute atomic E-state index is 3.67. The zero-order valence-corrected chi connectivity index (χ0v) is 14.7. The molecule has 0 amide bonds. The van der Waals surface area contributed by atoms with Crippen molar-refractivity contribution in [2.24, 2.45) is 0 Å². The summed E-state index contributed by atoms with van der Waals surface area (Å²) in [4.78, 5) is 2.46. The van der Waals surface area contributed by atoms with Crippen molar-refractivity contribution in [2.75, 3.05) is 26.7 Å². The van der Waals surface area contributed by atoms with Gasteiger partial charge in [0.1, 0.15) is 0 Å². The van der Waals surface area contributed by atoms with Gasteiger partial charge < -0.3 is 10.2 Å². The summed E-state index contributed by atoms with van der Waals surface area (Å²) in [7, 11) is 2.23. The minimum Gasteiger partial charge on any atom is -0.310 e. The van der Waals surface area contributed by atoms with Gasteiger partial charge in [-0.3, -0.25) is 0 Å². The summed E-state index contributed by atoms with van der Waals surface area (Å²) in [5.74, 6) is 0. The van der Waals surface area contributed by atoms with Gasteiger partial charge in [-0.1, -0.05) is 60.8 Å². The summed E-state index contributed by atoms with van der Waals surface area (Å²) < 4.78 is 1.21. The second-order valence-electron chi connectivity index (χ2n) is 5.43. The van der Waals surface area contributed by atoms with Crippen LogP contribution in [0.3, 0.4) is 0 Å². The van der Waals surface area contributed by atoms with Crippen molar-refractivity contribution < 1.29 is 0 Å². The van der Waals surface area contributed by atoms with Gasteiger partial charge in [-0.15, -0.1) is 0 Å². The number of halogens is 1. The summed E-state index contributed by atoms with van der Waals surface area (Å²) in [6.45, 7) is 7.79. The van der Waals surface area contributed by atoms with Crippen LogP contribution in [0.15, 0.2) is 28.7 Å². The zero-order chi connectivity index (χ0) is 14.8. The van der Waals surface area contributed by atoms with E-state index in [1.54, 1.807) is 0 Å². The highest BCUT2D eigenvalue weighted by atomic mass is 79.9. The number of hydrogen-bond donors (Lipinski definition) is 1. The molecule has 20 heavy (non-hydrogen) atoms. The first-order valence-corrected chi connectivity index (χ1v) is 8.64. The molecule has 1 aromatic carbocycles. The Morgan fingerprint density at radius 3 is 2.55 bits per heavy atom. The van der Waals surface area contributed by atoms with Crippen LogP contribution in [0.1, 0.15) is 51.1 Å². The first-order chi connectivity index (χ1) is 9.69. The smallest absolute Gasteiger partial charge is 0.0343 e. The second kappa shape index (κ2) is 10.4. The standard InChI is InChI=1S/C17H29BrN2/c1-4-6-9-13-20(3)14-12-17(19-5-2)15-10-7-8-11-16(15)18/h7-8,10-11,17,19H,4-6,9,12-14H2,1-3H3. The Balaban J connectivity index is 2.49. The molecule has 0 radical (unpaired) electrons. The lowest BCUT2D eigenvalue weighted by atomic mass is 10.0. The van der Waals surface area contributed by atoms with E-state index >= 15 is 0 Å². The van der Waals surface area contributed by atoms with Crippen LogP contribution in [0.4, 0.5) is 0 Å². The van der Waals surface area contributed by atoms with Crippen LogP contribution >= 0.6 is 15.9 Å². The van der Waals surface area contributed by atoms with E-state index in [9.17, 15) is 0 Å². The Morgan fingerprint density at radius 2 is 1.90 bits per heavy atom. The Morgan fingerprint density at radius 1 is 1.15 bits per heavy atom. The maximum Gasteiger partial charge on any atom is 0.0343 e. The van der Waals surface area contributed by atoms with Crippen LogP contribution in [0.25, 0.3) is 0 Å². The highest BCUT2D eigenvalue weighted by Crippen LogP contribution is 2.25. The molecule has 0 aliphatic heterocycles. The molecule has 1 rings (SSSR count). The van der Waals surface area contributed by atoms with E-state index in [0.29, 0.717) is 6.04 Å². The monoisotopic (exact) mass is 340 g/mol. The van der Waals surface area contributed by atoms with Gasteiger partial charge in [0.2, 0.25) is 0 Å². The highest BCUT2D eigenvalue weighted by Gasteiger charge is 2.13. The number of unbranched alkanes of at least 4 members (excludes halogenated alkanes) is 2. The summed E-state index contributed by atoms with van der Waals surface area (Å²) in [6, 6.07) is 8.98. The molecule has 3 heteroatoms. The van der Waals surface area contributed by atoms with Crippen molar-refractivity contribution in [1.29, 1.82) is 0 Å². The van der Waals surface area contributed by atoms with Gasteiger partial charge in [0.15, 0.2) is 0 Å². The minimum absolute atomic E-state index is 0.434. The van der Waals surface area contributed by atoms with E-state index in [1.165, 1.54) is 35.8 Å². The summed E-state index contributed by atoms with van der Waals surface area (Å²) in [5, 5.41) is 3.61. The molecule has 2 nitrogen and oxygen atoms in total. The van der Waals surface area contributed by atoms with Crippen LogP contribution in [-0.4, -0.2) is 31.6 Å². The number of benzene rings is 1. The summed E-state index contributed by atoms with van der Waals surface area (Å²) in [5.41, 5.74) is 1.37. The Hall–Kier alpha value is -0.380. The van der Waals surface area contributed by atoms with Gasteiger partial charge >= 0.3 is 0 Å². The fourth-order valence-electron chi connectivity index (χ4n) is 2.46. The lowest BCUT2D eigenvalue weighted by Crippen LogP contribution is -2.28. The molecule has 1 N–H and O–H groups in total. The summed E-state index contributed by atoms with van der Waals surface area (Å²) >= 11 is 3.67. The molecular weight excluding hydrogens is 312 g/mol. The van der Waals surface area contributed by atoms with Crippen molar-refractivity contribution in [3.8, 4) is 0 Å². The third-order valence-corrected chi connectivity index (χ3v) is 4.40. The fourth-order valence-corrected chi connectivity index (χ4v) is 3.03. The first kappa shape index (κ1) is 17.7. The molecule has 0 bridgehead atoms. The molecule has 1 aromatic rings. The van der Waals surface area contributed by atoms with Gasteiger partial charge in [-0.25, -0.2) is 0 Å². The molecule has 1 unspecified atom stereocenters. The van der Waals surface area contributed by atoms with Crippen molar-refractivity contribution in [2.45, 2.75) is 45.6 Å². The number of hydrogen-bond acceptors (Lipinski definition) is 2. The van der Waals surface area contributed by atoms with E-state index in [-0.39, 0.29) is 0 Å². The Kier molecular flexibility index (Phi) is 9.16. The van der Waals surface area contributed by atoms with E-state index in [0.717, 1.165) is 19.5 Å². The van der Waals surface area contributed by atoms with Crippen molar-refractivity contribution in [3.05, 3.63) is 34.3 Å². The molecule has 1 atom stereocenters. The number of rotatable bonds is 10. The van der Waals surface area contributed by atoms with Crippen molar-refractivity contribution in [3.63, 3.8) is 0 Å². The zero-order valence-electron chi connectivity index (χ0n) is 13.2. The lowest BCUT2D eigenvalue weighted by molar-refractivity contribution is 0.301. The quantitative estimate of drug-likeness (QED) is 0.625. The van der Waals surface area contributed by atoms with Crippen LogP contribution in [-0.2, 0) is 0 Å². The van der Waals surface area contributed by atoms with Crippen LogP contribution in [0.5, 0.6) is 0 Å². The van der Waals surface area contributed by atoms with Crippen molar-refractivity contribution >= 4 is 15.9 Å². The average molecular weight is 341 g/mol. The highest BCUT2D eigenvalue weighted by molar-refractivity contribution is 9.10. The number of nitrogens with one attached hydrogen (secondary N) is 1. The first-order valence-electron chi connectivity index (χ1n) is 7.85. The molecule has 0 spiro atoms. The fraction of sp³-hybridized carbons (Fsp3) is 0.647. The SMILES string of the molecule is CCCCCN(C)CCC(NCC)c1ccccc1Br. The molecule has 0 aromatic heterocycles. The molecule has 0 aliphatic rings. The summed E-state index contributed by atoms with van der Waals surface area (Å²) in [6.07, 6.45) is 5.10. The molecule has 0 saturated heterocycles. The number of nitrogens with zero attached hydrogens (tertiary/aromatic N) is 1. The lowest BCUT2D eigenvalue weighted by Gasteiger charge is -2.23. The van der Waals surface area contributed by atoms with Crippen molar-refractivity contribution in [1.82, 2.24) is 10.2 Å². The molecule has 0 aliphatic carbocycles. The van der Waals surface area contributed by atoms with Crippen LogP contribution < -0.4 is 5.32 Å². The third-order valence-electron chi connectivity index (χ3n) is 3.67. The molecule has 0 saturated carbocycles. The second-order valence-corrected chi connectivity index (χ2v) is 6.29. The van der Waals surface area contributed by atoms with E-state index in [2.05, 4.69) is 71.3 Å². The average Bonchev–Trinajstić information content (AvgIpc) is 2.44. The Labute approximate surface area is 133 Å². The minimum atomic E-state index is 0.434. The van der Waals surface area contributed by atoms with Gasteiger partial charge in [-0.2, -0.15) is 0 Å². The topological polar surface area (TPSA) is 15.3 Å². The van der Waals surface area contributed by atoms with Gasteiger partial charge in [0, 0.05) is 10.5 Å². The van der Waals surface area contributed by atoms with Crippen LogP contribution in [0.2, 0.25) is 0 Å². The van der Waals surface area contributed by atoms with Gasteiger partial charge in [-0.05, 0) is 51.2 Å². The maximum atomic E-state index is 3.67. The normalized spacial score (nSPS) is 12.8. The third kappa shape index (κ3) is 6.38. The Bertz CT molecular complexity index is 368.